The Bertz CT molecular complexity index is 561. The number of benzene rings is 1. The highest BCUT2D eigenvalue weighted by molar-refractivity contribution is 9.10. The van der Waals surface area contributed by atoms with E-state index in [0.717, 1.165) is 23.2 Å². The molecular weight excluding hydrogens is 290 g/mol. The summed E-state index contributed by atoms with van der Waals surface area (Å²) in [7, 11) is 0. The number of nitrogens with one attached hydrogen (secondary N) is 1. The predicted molar refractivity (Wildman–Crippen MR) is 76.6 cm³/mol. The first kappa shape index (κ1) is 12.0. The van der Waals surface area contributed by atoms with E-state index < -0.39 is 0 Å². The molecule has 3 heteroatoms. The Morgan fingerprint density at radius 2 is 2.28 bits per heavy atom. The molecule has 2 nitrogen and oxygen atoms in total. The van der Waals surface area contributed by atoms with Crippen LogP contribution in [0.1, 0.15) is 30.5 Å². The van der Waals surface area contributed by atoms with Gasteiger partial charge in [-0.1, -0.05) is 25.1 Å². The minimum absolute atomic E-state index is 0.499. The van der Waals surface area contributed by atoms with Crippen LogP contribution in [0.4, 0.5) is 0 Å². The van der Waals surface area contributed by atoms with Crippen molar-refractivity contribution in [3.05, 3.63) is 46.1 Å². The fourth-order valence-electron chi connectivity index (χ4n) is 2.81. The Labute approximate surface area is 116 Å². The van der Waals surface area contributed by atoms with Crippen molar-refractivity contribution in [3.8, 4) is 11.3 Å². The highest BCUT2D eigenvalue weighted by atomic mass is 79.9. The van der Waals surface area contributed by atoms with Gasteiger partial charge in [0.15, 0.2) is 0 Å². The first-order valence-corrected chi connectivity index (χ1v) is 7.19. The summed E-state index contributed by atoms with van der Waals surface area (Å²) in [6.45, 7) is 3.17. The van der Waals surface area contributed by atoms with Gasteiger partial charge in [0.2, 0.25) is 0 Å². The molecule has 18 heavy (non-hydrogen) atoms. The normalized spacial score (nSPS) is 18.0. The fourth-order valence-corrected chi connectivity index (χ4v) is 3.23. The van der Waals surface area contributed by atoms with Crippen LogP contribution in [0, 0.1) is 0 Å². The van der Waals surface area contributed by atoms with E-state index in [4.69, 9.17) is 4.42 Å². The molecule has 0 fully saturated rings. The van der Waals surface area contributed by atoms with Crippen LogP contribution >= 0.6 is 15.9 Å². The van der Waals surface area contributed by atoms with Crippen LogP contribution in [0.2, 0.25) is 0 Å². The van der Waals surface area contributed by atoms with E-state index in [1.54, 1.807) is 6.26 Å². The summed E-state index contributed by atoms with van der Waals surface area (Å²) >= 11 is 3.55. The molecule has 1 aliphatic carbocycles. The first-order valence-electron chi connectivity index (χ1n) is 6.39. The van der Waals surface area contributed by atoms with E-state index >= 15 is 0 Å². The van der Waals surface area contributed by atoms with Crippen molar-refractivity contribution in [1.29, 1.82) is 0 Å². The molecule has 1 unspecified atom stereocenters. The zero-order chi connectivity index (χ0) is 12.5. The van der Waals surface area contributed by atoms with Gasteiger partial charge in [0.05, 0.1) is 10.7 Å². The molecule has 1 atom stereocenters. The van der Waals surface area contributed by atoms with Gasteiger partial charge in [0.25, 0.3) is 0 Å². The third-order valence-corrected chi connectivity index (χ3v) is 4.21. The van der Waals surface area contributed by atoms with Crippen molar-refractivity contribution in [1.82, 2.24) is 5.32 Å². The lowest BCUT2D eigenvalue weighted by molar-refractivity contribution is 0.549. The molecule has 0 saturated carbocycles. The number of hydrogen-bond acceptors (Lipinski definition) is 2. The van der Waals surface area contributed by atoms with Crippen molar-refractivity contribution in [2.75, 3.05) is 6.54 Å². The molecule has 1 aliphatic rings. The second kappa shape index (κ2) is 4.90. The molecular formula is C15H16BrNO. The first-order chi connectivity index (χ1) is 8.81. The minimum atomic E-state index is 0.499. The van der Waals surface area contributed by atoms with Crippen molar-refractivity contribution in [3.63, 3.8) is 0 Å². The van der Waals surface area contributed by atoms with Crippen LogP contribution in [0.25, 0.3) is 11.3 Å². The second-order valence-electron chi connectivity index (χ2n) is 4.62. The number of hydrogen-bond donors (Lipinski definition) is 1. The van der Waals surface area contributed by atoms with E-state index in [-0.39, 0.29) is 0 Å². The van der Waals surface area contributed by atoms with Crippen molar-refractivity contribution < 1.29 is 4.42 Å². The molecule has 0 saturated heterocycles. The minimum Gasteiger partial charge on any atom is -0.463 e. The predicted octanol–water partition coefficient (Wildman–Crippen LogP) is 4.31. The highest BCUT2D eigenvalue weighted by Gasteiger charge is 2.25. The SMILES string of the molecule is CCNC1CCc2c(-c3occc3Br)cccc21. The summed E-state index contributed by atoms with van der Waals surface area (Å²) in [6.07, 6.45) is 4.03. The maximum atomic E-state index is 5.60. The number of furan rings is 1. The quantitative estimate of drug-likeness (QED) is 0.914. The largest absolute Gasteiger partial charge is 0.463 e. The van der Waals surface area contributed by atoms with Gasteiger partial charge in [-0.3, -0.25) is 0 Å². The maximum Gasteiger partial charge on any atom is 0.148 e. The lowest BCUT2D eigenvalue weighted by atomic mass is 10.0. The average Bonchev–Trinajstić information content (AvgIpc) is 2.97. The Balaban J connectivity index is 2.07. The zero-order valence-electron chi connectivity index (χ0n) is 10.4. The molecule has 0 aliphatic heterocycles. The van der Waals surface area contributed by atoms with E-state index in [1.165, 1.54) is 23.1 Å². The summed E-state index contributed by atoms with van der Waals surface area (Å²) in [5.41, 5.74) is 4.08. The average molecular weight is 306 g/mol. The summed E-state index contributed by atoms with van der Waals surface area (Å²) < 4.78 is 6.63. The van der Waals surface area contributed by atoms with Crippen LogP contribution in [0.5, 0.6) is 0 Å². The molecule has 1 N–H and O–H groups in total. The van der Waals surface area contributed by atoms with Crippen molar-refractivity contribution in [2.45, 2.75) is 25.8 Å². The number of rotatable bonds is 3. The second-order valence-corrected chi connectivity index (χ2v) is 5.47. The van der Waals surface area contributed by atoms with E-state index in [1.807, 2.05) is 6.07 Å². The van der Waals surface area contributed by atoms with Gasteiger partial charge in [-0.2, -0.15) is 0 Å². The van der Waals surface area contributed by atoms with Gasteiger partial charge in [-0.25, -0.2) is 0 Å². The van der Waals surface area contributed by atoms with Crippen molar-refractivity contribution >= 4 is 15.9 Å². The summed E-state index contributed by atoms with van der Waals surface area (Å²) in [6, 6.07) is 8.95. The fraction of sp³-hybridized carbons (Fsp3) is 0.333. The third kappa shape index (κ3) is 1.91. The Kier molecular flexibility index (Phi) is 3.27. The topological polar surface area (TPSA) is 25.2 Å². The molecule has 0 bridgehead atoms. The smallest absolute Gasteiger partial charge is 0.148 e. The monoisotopic (exact) mass is 305 g/mol. The van der Waals surface area contributed by atoms with Crippen LogP contribution < -0.4 is 5.32 Å². The Morgan fingerprint density at radius 3 is 3.00 bits per heavy atom. The lowest BCUT2D eigenvalue weighted by Gasteiger charge is -2.13. The molecule has 1 heterocycles. The van der Waals surface area contributed by atoms with Crippen LogP contribution in [0.3, 0.4) is 0 Å². The zero-order valence-corrected chi connectivity index (χ0v) is 12.0. The van der Waals surface area contributed by atoms with Gasteiger partial charge in [-0.15, -0.1) is 0 Å². The molecule has 0 amide bonds. The molecule has 0 spiro atoms. The van der Waals surface area contributed by atoms with E-state index in [9.17, 15) is 0 Å². The highest BCUT2D eigenvalue weighted by Crippen LogP contribution is 2.40. The molecule has 2 aromatic rings. The maximum absolute atomic E-state index is 5.60. The molecule has 1 aromatic carbocycles. The molecule has 3 rings (SSSR count). The summed E-state index contributed by atoms with van der Waals surface area (Å²) in [5.74, 6) is 0.948. The standard InChI is InChI=1S/C15H16BrNO/c1-2-17-14-7-6-10-11(14)4-3-5-12(10)15-13(16)8-9-18-15/h3-5,8-9,14,17H,2,6-7H2,1H3. The summed E-state index contributed by atoms with van der Waals surface area (Å²) in [4.78, 5) is 0. The number of halogens is 1. The molecule has 94 valence electrons. The number of fused-ring (bicyclic) bond motifs is 1. The Morgan fingerprint density at radius 1 is 1.39 bits per heavy atom. The lowest BCUT2D eigenvalue weighted by Crippen LogP contribution is -2.18. The van der Waals surface area contributed by atoms with Gasteiger partial charge in [0, 0.05) is 11.6 Å². The van der Waals surface area contributed by atoms with Gasteiger partial charge in [-0.05, 0) is 52.5 Å². The summed E-state index contributed by atoms with van der Waals surface area (Å²) in [5, 5.41) is 3.55. The van der Waals surface area contributed by atoms with Crippen LogP contribution in [0.15, 0.2) is 39.4 Å². The third-order valence-electron chi connectivity index (χ3n) is 3.58. The van der Waals surface area contributed by atoms with Gasteiger partial charge in [0.1, 0.15) is 5.76 Å². The van der Waals surface area contributed by atoms with E-state index in [0.29, 0.717) is 6.04 Å². The van der Waals surface area contributed by atoms with Crippen LogP contribution in [-0.4, -0.2) is 6.54 Å². The van der Waals surface area contributed by atoms with Gasteiger partial charge < -0.3 is 9.73 Å². The van der Waals surface area contributed by atoms with E-state index in [2.05, 4.69) is 46.4 Å². The van der Waals surface area contributed by atoms with Crippen molar-refractivity contribution in [2.24, 2.45) is 0 Å². The molecule has 1 aromatic heterocycles. The Hall–Kier alpha value is -1.06. The van der Waals surface area contributed by atoms with Crippen LogP contribution in [-0.2, 0) is 6.42 Å². The van der Waals surface area contributed by atoms with Gasteiger partial charge >= 0.3 is 0 Å². The molecule has 0 radical (unpaired) electrons.